The molecule has 0 aromatic carbocycles. The lowest BCUT2D eigenvalue weighted by atomic mass is 9.78. The number of hydrogen-bond donors (Lipinski definition) is 1. The van der Waals surface area contributed by atoms with E-state index in [1.807, 2.05) is 65.8 Å². The molecule has 0 aromatic rings. The second kappa shape index (κ2) is 26.3. The first kappa shape index (κ1) is 57.9. The van der Waals surface area contributed by atoms with Gasteiger partial charge in [0, 0.05) is 72.5 Å². The molecule has 1 aliphatic carbocycles. The summed E-state index contributed by atoms with van der Waals surface area (Å²) < 4.78 is 74.6. The number of aliphatic hydroxyl groups is 1. The average Bonchev–Trinajstić information content (AvgIpc) is 3.66. The molecule has 16 heteroatoms. The largest absolute Gasteiger partial charge is 0.464 e. The Kier molecular flexibility index (Phi) is 21.7. The number of carbonyl (C=O) groups is 3. The van der Waals surface area contributed by atoms with Gasteiger partial charge in [0.1, 0.15) is 30.0 Å². The van der Waals surface area contributed by atoms with Crippen LogP contribution >= 0.6 is 0 Å². The number of carbonyl (C=O) groups excluding carboxylic acids is 3. The van der Waals surface area contributed by atoms with Crippen molar-refractivity contribution >= 4 is 18.4 Å². The number of allylic oxidation sites excluding steroid dienone is 2. The van der Waals surface area contributed by atoms with E-state index in [1.165, 1.54) is 13.8 Å². The summed E-state index contributed by atoms with van der Waals surface area (Å²) in [6.45, 7) is 23.8. The topological polar surface area (TPSA) is 182 Å². The maximum atomic E-state index is 12.0. The van der Waals surface area contributed by atoms with Crippen molar-refractivity contribution in [2.45, 2.75) is 238 Å². The molecule has 1 spiro atoms. The van der Waals surface area contributed by atoms with E-state index in [0.717, 1.165) is 30.4 Å². The van der Waals surface area contributed by atoms with Crippen LogP contribution in [0.25, 0.3) is 0 Å². The smallest absolute Gasteiger partial charge is 0.303 e. The summed E-state index contributed by atoms with van der Waals surface area (Å²) in [5.41, 5.74) is 1.15. The van der Waals surface area contributed by atoms with Gasteiger partial charge in [-0.15, -0.1) is 0 Å². The Balaban J connectivity index is 0.00000450. The van der Waals surface area contributed by atoms with Crippen molar-refractivity contribution in [1.29, 1.82) is 0 Å². The molecule has 1 N–H and O–H groups in total. The summed E-state index contributed by atoms with van der Waals surface area (Å²) in [4.78, 5) is 35.5. The van der Waals surface area contributed by atoms with Gasteiger partial charge in [0.2, 0.25) is 0 Å². The summed E-state index contributed by atoms with van der Waals surface area (Å²) in [6.07, 6.45) is 8.47. The van der Waals surface area contributed by atoms with Gasteiger partial charge >= 0.3 is 11.9 Å². The summed E-state index contributed by atoms with van der Waals surface area (Å²) >= 11 is 0. The van der Waals surface area contributed by atoms with Gasteiger partial charge < -0.3 is 61.9 Å². The van der Waals surface area contributed by atoms with Gasteiger partial charge in [-0.25, -0.2) is 0 Å². The van der Waals surface area contributed by atoms with Gasteiger partial charge in [-0.1, -0.05) is 78.3 Å². The molecular formula is C54H86O16. The number of ether oxygens (including phenoxy) is 12. The van der Waals surface area contributed by atoms with E-state index in [9.17, 15) is 19.5 Å². The minimum absolute atomic E-state index is 0.0398. The fourth-order valence-corrected chi connectivity index (χ4v) is 11.1. The minimum Gasteiger partial charge on any atom is -0.464 e. The predicted molar refractivity (Wildman–Crippen MR) is 260 cm³/mol. The quantitative estimate of drug-likeness (QED) is 0.0600. The van der Waals surface area contributed by atoms with E-state index in [0.29, 0.717) is 62.4 Å². The standard InChI is InChI=1S/C52H80O16.C2H6/c1-13-29(2)46-32(5)19-21-51(68-46)26-40(60-28-53)23-39(67-51)18-17-31(4)45(30(3)15-14-16-38-27-59-50-47(63-36(9)54)33(6)20-22-52(38,50)56)65-43-25-42(58-12)49(35(8)62-43)66-44-24-41(57-11)48(34(7)61-44)64-37(10)55;1-2/h14-17,20,28-30,32,34-35,39-50,56H,13,18-19,21-27H2,1-12H3;1-2H3/b15-14+,31-17+,38-16+;/t29-,30-,32-,34-,35-,39+,40-,41-,42-,43-,44-,45-,46?,47+,48-,49-,50+,51+,52?;/m0./s1. The molecule has 0 saturated carbocycles. The van der Waals surface area contributed by atoms with Crippen LogP contribution in [0, 0.1) is 17.8 Å². The maximum absolute atomic E-state index is 12.0. The van der Waals surface area contributed by atoms with E-state index in [1.54, 1.807) is 14.2 Å². The van der Waals surface area contributed by atoms with Gasteiger partial charge in [0.15, 0.2) is 30.6 Å². The van der Waals surface area contributed by atoms with Crippen LogP contribution in [0.3, 0.4) is 0 Å². The first-order chi connectivity index (χ1) is 33.3. The third-order valence-electron chi connectivity index (χ3n) is 15.1. The molecule has 19 atom stereocenters. The molecule has 5 aliphatic heterocycles. The highest BCUT2D eigenvalue weighted by Crippen LogP contribution is 2.46. The number of hydrogen-bond acceptors (Lipinski definition) is 16. The fraction of sp³-hybridized carbons (Fsp3) is 0.796. The molecule has 2 unspecified atom stereocenters. The highest BCUT2D eigenvalue weighted by atomic mass is 16.7. The summed E-state index contributed by atoms with van der Waals surface area (Å²) in [7, 11) is 3.22. The average molecular weight is 991 g/mol. The first-order valence-corrected chi connectivity index (χ1v) is 25.9. The van der Waals surface area contributed by atoms with Crippen LogP contribution in [0.2, 0.25) is 0 Å². The molecule has 70 heavy (non-hydrogen) atoms. The Morgan fingerprint density at radius 1 is 0.929 bits per heavy atom. The predicted octanol–water partition coefficient (Wildman–Crippen LogP) is 8.16. The van der Waals surface area contributed by atoms with Crippen LogP contribution in [-0.4, -0.2) is 142 Å². The SMILES string of the molecule is CC.CC[C@H](C)C1O[C@]2(CC[C@@H]1C)C[C@@H](OC=O)C[C@@H](C/C=C(\C)[C@@H](O[C@H]1C[C@H](OC)[C@@H](O[C@H]3C[C@H](OC)[C@@H](OC(C)=O)[C@H](C)O3)[C@H](C)O1)[C@@H](C)/C=C/C=C1\CO[C@@H]3[C@H](OC(C)=O)C(C)=CCC13O)O2. The summed E-state index contributed by atoms with van der Waals surface area (Å²) in [5.74, 6) is -1.15. The Morgan fingerprint density at radius 2 is 1.59 bits per heavy atom. The van der Waals surface area contributed by atoms with Crippen LogP contribution < -0.4 is 0 Å². The normalized spacial score (nSPS) is 39.8. The van der Waals surface area contributed by atoms with Crippen molar-refractivity contribution in [3.8, 4) is 0 Å². The van der Waals surface area contributed by atoms with Gasteiger partial charge in [-0.2, -0.15) is 0 Å². The van der Waals surface area contributed by atoms with Crippen molar-refractivity contribution < 1.29 is 76.3 Å². The molecule has 6 rings (SSSR count). The zero-order chi connectivity index (χ0) is 51.5. The second-order valence-corrected chi connectivity index (χ2v) is 20.2. The third kappa shape index (κ3) is 14.2. The van der Waals surface area contributed by atoms with E-state index in [-0.39, 0.29) is 30.8 Å². The molecule has 0 amide bonds. The molecule has 398 valence electrons. The lowest BCUT2D eigenvalue weighted by Gasteiger charge is -2.50. The van der Waals surface area contributed by atoms with Crippen molar-refractivity contribution in [2.24, 2.45) is 17.8 Å². The number of methoxy groups -OCH3 is 2. The lowest BCUT2D eigenvalue weighted by Crippen LogP contribution is -2.55. The molecule has 6 aliphatic rings. The Bertz CT molecular complexity index is 1830. The van der Waals surface area contributed by atoms with E-state index in [4.69, 9.17) is 56.8 Å². The van der Waals surface area contributed by atoms with Crippen molar-refractivity contribution in [2.75, 3.05) is 20.8 Å². The van der Waals surface area contributed by atoms with Gasteiger partial charge in [-0.05, 0) is 69.1 Å². The molecule has 5 heterocycles. The monoisotopic (exact) mass is 991 g/mol. The van der Waals surface area contributed by atoms with Crippen LogP contribution in [0.1, 0.15) is 141 Å². The highest BCUT2D eigenvalue weighted by molar-refractivity contribution is 5.67. The van der Waals surface area contributed by atoms with Gasteiger partial charge in [-0.3, -0.25) is 14.4 Å². The molecule has 0 radical (unpaired) electrons. The van der Waals surface area contributed by atoms with Crippen LogP contribution in [0.4, 0.5) is 0 Å². The van der Waals surface area contributed by atoms with Crippen LogP contribution in [0.15, 0.2) is 47.1 Å². The van der Waals surface area contributed by atoms with E-state index < -0.39 is 90.8 Å². The summed E-state index contributed by atoms with van der Waals surface area (Å²) in [5, 5.41) is 11.9. The van der Waals surface area contributed by atoms with Crippen LogP contribution in [0.5, 0.6) is 0 Å². The number of esters is 2. The molecule has 0 bridgehead atoms. The first-order valence-electron chi connectivity index (χ1n) is 25.9. The molecule has 0 aromatic heterocycles. The lowest BCUT2D eigenvalue weighted by molar-refractivity contribution is -0.340. The maximum Gasteiger partial charge on any atom is 0.303 e. The van der Waals surface area contributed by atoms with E-state index >= 15 is 0 Å². The zero-order valence-corrected chi connectivity index (χ0v) is 44.4. The highest BCUT2D eigenvalue weighted by Gasteiger charge is 2.54. The number of fused-ring (bicyclic) bond motifs is 1. The minimum atomic E-state index is -1.33. The Labute approximate surface area is 417 Å². The summed E-state index contributed by atoms with van der Waals surface area (Å²) in [6, 6.07) is 0. The molecule has 5 fully saturated rings. The second-order valence-electron chi connectivity index (χ2n) is 20.2. The Hall–Kier alpha value is -3.03. The molecular weight excluding hydrogens is 905 g/mol. The number of rotatable bonds is 18. The van der Waals surface area contributed by atoms with Crippen molar-refractivity contribution in [1.82, 2.24) is 0 Å². The van der Waals surface area contributed by atoms with Gasteiger partial charge in [0.05, 0.1) is 43.2 Å². The third-order valence-corrected chi connectivity index (χ3v) is 15.1. The molecule has 5 saturated heterocycles. The Morgan fingerprint density at radius 3 is 2.24 bits per heavy atom. The fourth-order valence-electron chi connectivity index (χ4n) is 11.1. The van der Waals surface area contributed by atoms with Gasteiger partial charge in [0.25, 0.3) is 6.47 Å². The van der Waals surface area contributed by atoms with Crippen LogP contribution in [-0.2, 0) is 71.2 Å². The van der Waals surface area contributed by atoms with E-state index in [2.05, 4.69) is 33.8 Å². The zero-order valence-electron chi connectivity index (χ0n) is 44.4. The van der Waals surface area contributed by atoms with Crippen molar-refractivity contribution in [3.63, 3.8) is 0 Å². The molecule has 16 nitrogen and oxygen atoms in total. The van der Waals surface area contributed by atoms with Crippen molar-refractivity contribution in [3.05, 3.63) is 47.1 Å².